The van der Waals surface area contributed by atoms with Gasteiger partial charge < -0.3 is 5.73 Å². The summed E-state index contributed by atoms with van der Waals surface area (Å²) in [6.07, 6.45) is 0. The zero-order valence-electron chi connectivity index (χ0n) is 9.15. The molecule has 0 aromatic heterocycles. The fourth-order valence-electron chi connectivity index (χ4n) is 1.82. The van der Waals surface area contributed by atoms with Crippen LogP contribution >= 0.6 is 11.6 Å². The van der Waals surface area contributed by atoms with E-state index in [9.17, 15) is 0 Å². The topological polar surface area (TPSA) is 26.0 Å². The molecule has 16 heavy (non-hydrogen) atoms. The molecule has 82 valence electrons. The van der Waals surface area contributed by atoms with Crippen molar-refractivity contribution in [1.29, 1.82) is 0 Å². The third kappa shape index (κ3) is 1.97. The maximum atomic E-state index is 6.38. The van der Waals surface area contributed by atoms with Crippen molar-refractivity contribution < 1.29 is 0 Å². The zero-order chi connectivity index (χ0) is 11.6. The summed E-state index contributed by atoms with van der Waals surface area (Å²) in [5.41, 5.74) is 7.83. The Morgan fingerprint density at radius 3 is 2.12 bits per heavy atom. The van der Waals surface area contributed by atoms with Crippen LogP contribution in [0.15, 0.2) is 54.6 Å². The number of halogens is 1. The molecule has 0 bridgehead atoms. The Bertz CT molecular complexity index is 477. The highest BCUT2D eigenvalue weighted by atomic mass is 35.5. The molecule has 2 rings (SSSR count). The monoisotopic (exact) mass is 231 g/mol. The Balaban J connectivity index is 2.51. The van der Waals surface area contributed by atoms with Crippen LogP contribution in [0.4, 0.5) is 0 Å². The average molecular weight is 232 g/mol. The molecule has 2 heteroatoms. The molecule has 0 aliphatic carbocycles. The van der Waals surface area contributed by atoms with E-state index in [1.54, 1.807) is 0 Å². The zero-order valence-corrected chi connectivity index (χ0v) is 9.91. The van der Waals surface area contributed by atoms with Crippen molar-refractivity contribution in [2.45, 2.75) is 12.5 Å². The van der Waals surface area contributed by atoms with E-state index < -0.39 is 5.54 Å². The highest BCUT2D eigenvalue weighted by Crippen LogP contribution is 2.31. The van der Waals surface area contributed by atoms with Gasteiger partial charge in [0.25, 0.3) is 0 Å². The Hall–Kier alpha value is -1.31. The molecule has 0 heterocycles. The summed E-state index contributed by atoms with van der Waals surface area (Å²) in [6, 6.07) is 17.7. The molecular weight excluding hydrogens is 218 g/mol. The second-order valence-electron chi connectivity index (χ2n) is 4.05. The summed E-state index contributed by atoms with van der Waals surface area (Å²) in [5.74, 6) is 0. The smallest absolute Gasteiger partial charge is 0.0651 e. The van der Waals surface area contributed by atoms with Crippen LogP contribution in [0.1, 0.15) is 18.1 Å². The van der Waals surface area contributed by atoms with E-state index in [4.69, 9.17) is 17.3 Å². The second kappa shape index (κ2) is 4.28. The van der Waals surface area contributed by atoms with E-state index in [1.165, 1.54) is 0 Å². The molecule has 2 aromatic carbocycles. The summed E-state index contributed by atoms with van der Waals surface area (Å²) >= 11 is 6.18. The lowest BCUT2D eigenvalue weighted by Crippen LogP contribution is -2.34. The normalized spacial score (nSPS) is 14.4. The van der Waals surface area contributed by atoms with Crippen molar-refractivity contribution in [3.8, 4) is 0 Å². The van der Waals surface area contributed by atoms with Crippen molar-refractivity contribution in [2.75, 3.05) is 0 Å². The van der Waals surface area contributed by atoms with Crippen LogP contribution in [0, 0.1) is 0 Å². The molecule has 0 spiro atoms. The lowest BCUT2D eigenvalue weighted by molar-refractivity contribution is 0.603. The second-order valence-corrected chi connectivity index (χ2v) is 4.46. The standard InChI is InChI=1S/C14H14ClN/c1-14(16,11-7-3-2-4-8-11)12-9-5-6-10-13(12)15/h2-10H,16H2,1H3. The molecule has 0 amide bonds. The van der Waals surface area contributed by atoms with Gasteiger partial charge in [0.15, 0.2) is 0 Å². The van der Waals surface area contributed by atoms with E-state index in [0.29, 0.717) is 5.02 Å². The SMILES string of the molecule is CC(N)(c1ccccc1)c1ccccc1Cl. The van der Waals surface area contributed by atoms with Crippen LogP contribution < -0.4 is 5.73 Å². The van der Waals surface area contributed by atoms with Crippen LogP contribution in [-0.4, -0.2) is 0 Å². The van der Waals surface area contributed by atoms with Gasteiger partial charge in [0.2, 0.25) is 0 Å². The first-order chi connectivity index (χ1) is 7.62. The minimum Gasteiger partial charge on any atom is -0.318 e. The van der Waals surface area contributed by atoms with Gasteiger partial charge in [0.05, 0.1) is 5.54 Å². The minimum atomic E-state index is -0.556. The molecule has 2 aromatic rings. The summed E-state index contributed by atoms with van der Waals surface area (Å²) in [6.45, 7) is 1.98. The first-order valence-corrected chi connectivity index (χ1v) is 5.59. The van der Waals surface area contributed by atoms with Crippen LogP contribution in [0.2, 0.25) is 5.02 Å². The number of benzene rings is 2. The fourth-order valence-corrected chi connectivity index (χ4v) is 2.15. The van der Waals surface area contributed by atoms with E-state index >= 15 is 0 Å². The van der Waals surface area contributed by atoms with Gasteiger partial charge in [-0.05, 0) is 24.1 Å². The molecular formula is C14H14ClN. The molecule has 0 fully saturated rings. The van der Waals surface area contributed by atoms with E-state index in [-0.39, 0.29) is 0 Å². The highest BCUT2D eigenvalue weighted by molar-refractivity contribution is 6.31. The van der Waals surface area contributed by atoms with Crippen LogP contribution in [0.25, 0.3) is 0 Å². The number of nitrogens with two attached hydrogens (primary N) is 1. The number of hydrogen-bond donors (Lipinski definition) is 1. The molecule has 0 aliphatic rings. The lowest BCUT2D eigenvalue weighted by Gasteiger charge is -2.26. The third-order valence-corrected chi connectivity index (χ3v) is 3.14. The van der Waals surface area contributed by atoms with Crippen LogP contribution in [0.3, 0.4) is 0 Å². The lowest BCUT2D eigenvalue weighted by atomic mass is 9.86. The van der Waals surface area contributed by atoms with Crippen molar-refractivity contribution in [1.82, 2.24) is 0 Å². The Morgan fingerprint density at radius 1 is 0.938 bits per heavy atom. The Morgan fingerprint density at radius 2 is 1.50 bits per heavy atom. The van der Waals surface area contributed by atoms with Gasteiger partial charge >= 0.3 is 0 Å². The average Bonchev–Trinajstić information content (AvgIpc) is 2.30. The molecule has 0 saturated heterocycles. The predicted octanol–water partition coefficient (Wildman–Crippen LogP) is 3.56. The molecule has 1 atom stereocenters. The van der Waals surface area contributed by atoms with Gasteiger partial charge in [-0.3, -0.25) is 0 Å². The molecule has 0 saturated carbocycles. The first kappa shape index (κ1) is 11.2. The quantitative estimate of drug-likeness (QED) is 0.840. The van der Waals surface area contributed by atoms with E-state index in [1.807, 2.05) is 61.5 Å². The largest absolute Gasteiger partial charge is 0.318 e. The van der Waals surface area contributed by atoms with Gasteiger partial charge in [-0.1, -0.05) is 60.1 Å². The van der Waals surface area contributed by atoms with Crippen molar-refractivity contribution in [3.05, 3.63) is 70.7 Å². The summed E-state index contributed by atoms with van der Waals surface area (Å²) in [7, 11) is 0. The molecule has 1 unspecified atom stereocenters. The highest BCUT2D eigenvalue weighted by Gasteiger charge is 2.25. The van der Waals surface area contributed by atoms with Gasteiger partial charge in [0.1, 0.15) is 0 Å². The van der Waals surface area contributed by atoms with E-state index in [0.717, 1.165) is 11.1 Å². The summed E-state index contributed by atoms with van der Waals surface area (Å²) in [4.78, 5) is 0. The maximum Gasteiger partial charge on any atom is 0.0651 e. The van der Waals surface area contributed by atoms with Crippen molar-refractivity contribution in [2.24, 2.45) is 5.73 Å². The van der Waals surface area contributed by atoms with Crippen molar-refractivity contribution in [3.63, 3.8) is 0 Å². The third-order valence-electron chi connectivity index (χ3n) is 2.81. The Labute approximate surface area is 101 Å². The predicted molar refractivity (Wildman–Crippen MR) is 68.5 cm³/mol. The summed E-state index contributed by atoms with van der Waals surface area (Å²) < 4.78 is 0. The van der Waals surface area contributed by atoms with Gasteiger partial charge in [0, 0.05) is 5.02 Å². The van der Waals surface area contributed by atoms with E-state index in [2.05, 4.69) is 0 Å². The number of rotatable bonds is 2. The molecule has 2 N–H and O–H groups in total. The van der Waals surface area contributed by atoms with Crippen molar-refractivity contribution >= 4 is 11.6 Å². The van der Waals surface area contributed by atoms with Crippen LogP contribution in [-0.2, 0) is 5.54 Å². The molecule has 0 radical (unpaired) electrons. The fraction of sp³-hybridized carbons (Fsp3) is 0.143. The number of hydrogen-bond acceptors (Lipinski definition) is 1. The first-order valence-electron chi connectivity index (χ1n) is 5.22. The Kier molecular flexibility index (Phi) is 2.99. The van der Waals surface area contributed by atoms with Gasteiger partial charge in [-0.25, -0.2) is 0 Å². The molecule has 0 aliphatic heterocycles. The van der Waals surface area contributed by atoms with Gasteiger partial charge in [-0.15, -0.1) is 0 Å². The maximum absolute atomic E-state index is 6.38. The molecule has 1 nitrogen and oxygen atoms in total. The minimum absolute atomic E-state index is 0.556. The summed E-state index contributed by atoms with van der Waals surface area (Å²) in [5, 5.41) is 0.705. The van der Waals surface area contributed by atoms with Gasteiger partial charge in [-0.2, -0.15) is 0 Å². The van der Waals surface area contributed by atoms with Crippen LogP contribution in [0.5, 0.6) is 0 Å².